The van der Waals surface area contributed by atoms with Crippen LogP contribution in [0.2, 0.25) is 0 Å². The first-order valence-corrected chi connectivity index (χ1v) is 7.52. The first-order valence-electron chi connectivity index (χ1n) is 7.52. The Morgan fingerprint density at radius 2 is 2.04 bits per heavy atom. The highest BCUT2D eigenvalue weighted by Crippen LogP contribution is 2.30. The number of nitrogens with one attached hydrogen (secondary N) is 2. The van der Waals surface area contributed by atoms with Gasteiger partial charge in [-0.25, -0.2) is 9.67 Å². The Balaban J connectivity index is 1.50. The van der Waals surface area contributed by atoms with E-state index in [-0.39, 0.29) is 18.4 Å². The molecule has 2 amide bonds. The van der Waals surface area contributed by atoms with Crippen molar-refractivity contribution >= 4 is 23.2 Å². The van der Waals surface area contributed by atoms with Gasteiger partial charge in [0.2, 0.25) is 0 Å². The molecule has 25 heavy (non-hydrogen) atoms. The first kappa shape index (κ1) is 14.9. The van der Waals surface area contributed by atoms with Crippen LogP contribution in [0.4, 0.5) is 11.4 Å². The fraction of sp³-hybridized carbons (Fsp3) is 0.0588. The predicted octanol–water partition coefficient (Wildman–Crippen LogP) is 1.85. The molecule has 0 saturated heterocycles. The van der Waals surface area contributed by atoms with Crippen molar-refractivity contribution in [3.8, 4) is 11.4 Å². The van der Waals surface area contributed by atoms with E-state index in [0.29, 0.717) is 22.7 Å². The molecule has 0 fully saturated rings. The van der Waals surface area contributed by atoms with Crippen LogP contribution in [0.15, 0.2) is 55.1 Å². The maximum atomic E-state index is 12.4. The molecule has 2 heterocycles. The van der Waals surface area contributed by atoms with Gasteiger partial charge in [0.1, 0.15) is 18.4 Å². The number of nitrogens with zero attached hydrogens (tertiary/aromatic N) is 3. The summed E-state index contributed by atoms with van der Waals surface area (Å²) in [6.07, 6.45) is 3.03. The smallest absolute Gasteiger partial charge is 0.262 e. The van der Waals surface area contributed by atoms with Gasteiger partial charge in [-0.15, -0.1) is 0 Å². The van der Waals surface area contributed by atoms with Crippen LogP contribution in [-0.4, -0.2) is 33.2 Å². The summed E-state index contributed by atoms with van der Waals surface area (Å²) in [6, 6.07) is 12.1. The van der Waals surface area contributed by atoms with Gasteiger partial charge in [0.15, 0.2) is 6.61 Å². The van der Waals surface area contributed by atoms with Gasteiger partial charge < -0.3 is 15.4 Å². The number of carbonyl (C=O) groups is 2. The van der Waals surface area contributed by atoms with Crippen LogP contribution in [-0.2, 0) is 4.79 Å². The number of anilines is 2. The van der Waals surface area contributed by atoms with E-state index in [1.54, 1.807) is 53.5 Å². The Hall–Kier alpha value is -3.68. The van der Waals surface area contributed by atoms with Crippen molar-refractivity contribution in [2.45, 2.75) is 0 Å². The van der Waals surface area contributed by atoms with E-state index in [0.717, 1.165) is 5.69 Å². The Labute approximate surface area is 142 Å². The maximum Gasteiger partial charge on any atom is 0.262 e. The van der Waals surface area contributed by atoms with Crippen molar-refractivity contribution in [3.63, 3.8) is 0 Å². The Bertz CT molecular complexity index is 935. The monoisotopic (exact) mass is 335 g/mol. The topological polar surface area (TPSA) is 98.1 Å². The highest BCUT2D eigenvalue weighted by atomic mass is 16.5. The quantitative estimate of drug-likeness (QED) is 0.761. The summed E-state index contributed by atoms with van der Waals surface area (Å²) in [7, 11) is 0. The van der Waals surface area contributed by atoms with Crippen LogP contribution in [0.3, 0.4) is 0 Å². The summed E-state index contributed by atoms with van der Waals surface area (Å²) in [5, 5.41) is 9.54. The third-order valence-corrected chi connectivity index (χ3v) is 3.68. The van der Waals surface area contributed by atoms with Gasteiger partial charge in [0, 0.05) is 11.3 Å². The molecule has 1 aliphatic heterocycles. The first-order chi connectivity index (χ1) is 12.2. The molecule has 0 bridgehead atoms. The van der Waals surface area contributed by atoms with E-state index in [1.165, 1.54) is 6.33 Å². The molecule has 2 aromatic carbocycles. The van der Waals surface area contributed by atoms with Gasteiger partial charge in [0.25, 0.3) is 11.8 Å². The molecule has 2 N–H and O–H groups in total. The third kappa shape index (κ3) is 3.05. The molecule has 124 valence electrons. The van der Waals surface area contributed by atoms with E-state index in [4.69, 9.17) is 4.74 Å². The number of hydrogen-bond acceptors (Lipinski definition) is 5. The maximum absolute atomic E-state index is 12.4. The second kappa shape index (κ2) is 6.08. The lowest BCUT2D eigenvalue weighted by Crippen LogP contribution is -2.25. The van der Waals surface area contributed by atoms with Crippen molar-refractivity contribution in [1.82, 2.24) is 14.8 Å². The van der Waals surface area contributed by atoms with Crippen LogP contribution in [0.1, 0.15) is 10.4 Å². The van der Waals surface area contributed by atoms with Crippen LogP contribution >= 0.6 is 0 Å². The predicted molar refractivity (Wildman–Crippen MR) is 89.9 cm³/mol. The number of carbonyl (C=O) groups excluding carboxylic acids is 2. The summed E-state index contributed by atoms with van der Waals surface area (Å²) < 4.78 is 6.90. The van der Waals surface area contributed by atoms with E-state index in [9.17, 15) is 9.59 Å². The Morgan fingerprint density at radius 1 is 1.20 bits per heavy atom. The summed E-state index contributed by atoms with van der Waals surface area (Å²) in [6.45, 7) is -0.00315. The fourth-order valence-corrected chi connectivity index (χ4v) is 2.47. The Kier molecular flexibility index (Phi) is 3.62. The van der Waals surface area contributed by atoms with Crippen molar-refractivity contribution in [2.75, 3.05) is 17.2 Å². The normalized spacial score (nSPS) is 12.7. The fourth-order valence-electron chi connectivity index (χ4n) is 2.47. The minimum absolute atomic E-state index is 0.00315. The largest absolute Gasteiger partial charge is 0.482 e. The molecule has 8 heteroatoms. The zero-order valence-corrected chi connectivity index (χ0v) is 13.0. The average Bonchev–Trinajstić information content (AvgIpc) is 3.16. The summed E-state index contributed by atoms with van der Waals surface area (Å²) in [5.74, 6) is 0.0996. The van der Waals surface area contributed by atoms with Gasteiger partial charge in [-0.3, -0.25) is 9.59 Å². The highest BCUT2D eigenvalue weighted by Gasteiger charge is 2.16. The number of rotatable bonds is 3. The summed E-state index contributed by atoms with van der Waals surface area (Å²) in [5.41, 5.74) is 2.41. The molecule has 0 aliphatic carbocycles. The molecular formula is C17H13N5O3. The van der Waals surface area contributed by atoms with Gasteiger partial charge in [-0.2, -0.15) is 5.10 Å². The van der Waals surface area contributed by atoms with Crippen molar-refractivity contribution < 1.29 is 14.3 Å². The van der Waals surface area contributed by atoms with E-state index in [1.807, 2.05) is 0 Å². The molecule has 1 aromatic heterocycles. The van der Waals surface area contributed by atoms with Crippen LogP contribution in [0, 0.1) is 0 Å². The number of amides is 2. The van der Waals surface area contributed by atoms with E-state index in [2.05, 4.69) is 20.7 Å². The molecule has 0 saturated carbocycles. The molecule has 0 atom stereocenters. The van der Waals surface area contributed by atoms with Crippen LogP contribution < -0.4 is 15.4 Å². The van der Waals surface area contributed by atoms with Crippen molar-refractivity contribution in [2.24, 2.45) is 0 Å². The number of fused-ring (bicyclic) bond motifs is 1. The zero-order valence-electron chi connectivity index (χ0n) is 13.0. The van der Waals surface area contributed by atoms with Gasteiger partial charge >= 0.3 is 0 Å². The third-order valence-electron chi connectivity index (χ3n) is 3.68. The standard InChI is InChI=1S/C17H13N5O3/c23-16-8-25-15-6-3-12(7-14(15)21-16)20-17(24)11-1-4-13(5-2-11)22-10-18-9-19-22/h1-7,9-10H,8H2,(H,20,24)(H,21,23). The molecular weight excluding hydrogens is 322 g/mol. The molecule has 0 unspecified atom stereocenters. The van der Waals surface area contributed by atoms with E-state index < -0.39 is 0 Å². The lowest BCUT2D eigenvalue weighted by molar-refractivity contribution is -0.118. The minimum atomic E-state index is -0.256. The second-order valence-electron chi connectivity index (χ2n) is 5.39. The van der Waals surface area contributed by atoms with Crippen molar-refractivity contribution in [1.29, 1.82) is 0 Å². The molecule has 3 aromatic rings. The van der Waals surface area contributed by atoms with Crippen molar-refractivity contribution in [3.05, 3.63) is 60.7 Å². The van der Waals surface area contributed by atoms with Gasteiger partial charge in [-0.1, -0.05) is 0 Å². The number of aromatic nitrogens is 3. The molecule has 0 spiro atoms. The lowest BCUT2D eigenvalue weighted by Gasteiger charge is -2.18. The average molecular weight is 335 g/mol. The number of ether oxygens (including phenoxy) is 1. The zero-order chi connectivity index (χ0) is 17.2. The SMILES string of the molecule is O=C1COc2ccc(NC(=O)c3ccc(-n4cncn4)cc3)cc2N1. The molecule has 8 nitrogen and oxygen atoms in total. The minimum Gasteiger partial charge on any atom is -0.482 e. The van der Waals surface area contributed by atoms with Gasteiger partial charge in [0.05, 0.1) is 11.4 Å². The van der Waals surface area contributed by atoms with Gasteiger partial charge in [-0.05, 0) is 42.5 Å². The highest BCUT2D eigenvalue weighted by molar-refractivity contribution is 6.05. The molecule has 0 radical (unpaired) electrons. The second-order valence-corrected chi connectivity index (χ2v) is 5.39. The molecule has 4 rings (SSSR count). The summed E-state index contributed by atoms with van der Waals surface area (Å²) in [4.78, 5) is 27.6. The Morgan fingerprint density at radius 3 is 2.80 bits per heavy atom. The number of hydrogen-bond donors (Lipinski definition) is 2. The molecule has 1 aliphatic rings. The number of benzene rings is 2. The lowest BCUT2D eigenvalue weighted by atomic mass is 10.1. The van der Waals surface area contributed by atoms with Crippen LogP contribution in [0.25, 0.3) is 5.69 Å². The summed E-state index contributed by atoms with van der Waals surface area (Å²) >= 11 is 0. The van der Waals surface area contributed by atoms with E-state index >= 15 is 0 Å². The van der Waals surface area contributed by atoms with Crippen LogP contribution in [0.5, 0.6) is 5.75 Å².